The van der Waals surface area contributed by atoms with Gasteiger partial charge in [0.1, 0.15) is 0 Å². The molecule has 4 rings (SSSR count). The highest BCUT2D eigenvalue weighted by molar-refractivity contribution is 14.0. The number of nitrogens with one attached hydrogen (secondary N) is 2. The summed E-state index contributed by atoms with van der Waals surface area (Å²) < 4.78 is 5.92. The average molecular weight is 498 g/mol. The Hall–Kier alpha value is -0.860. The van der Waals surface area contributed by atoms with Gasteiger partial charge in [-0.05, 0) is 31.4 Å². The summed E-state index contributed by atoms with van der Waals surface area (Å²) in [5, 5.41) is 7.29. The molecule has 5 nitrogen and oxygen atoms in total. The molecule has 1 saturated carbocycles. The van der Waals surface area contributed by atoms with Crippen LogP contribution in [0.25, 0.3) is 0 Å². The van der Waals surface area contributed by atoms with Crippen LogP contribution in [0.4, 0.5) is 0 Å². The number of aliphatic imine (C=N–C) groups is 1. The normalized spacial score (nSPS) is 31.6. The lowest BCUT2D eigenvalue weighted by Crippen LogP contribution is -2.68. The SMILES string of the molecule is CN=C(NCC1CCCN1Cc1ccccc1)NC1C2CCOC2C1(C)C.I. The molecule has 3 fully saturated rings. The van der Waals surface area contributed by atoms with Gasteiger partial charge in [0.2, 0.25) is 0 Å². The van der Waals surface area contributed by atoms with Gasteiger partial charge in [-0.15, -0.1) is 24.0 Å². The average Bonchev–Trinajstić information content (AvgIpc) is 3.31. The minimum absolute atomic E-state index is 0. The van der Waals surface area contributed by atoms with Crippen LogP contribution in [-0.2, 0) is 11.3 Å². The Labute approximate surface area is 186 Å². The highest BCUT2D eigenvalue weighted by Gasteiger charge is 2.59. The predicted octanol–water partition coefficient (Wildman–Crippen LogP) is 3.25. The van der Waals surface area contributed by atoms with E-state index in [1.165, 1.54) is 24.9 Å². The molecular weight excluding hydrogens is 463 g/mol. The van der Waals surface area contributed by atoms with E-state index in [9.17, 15) is 0 Å². The molecule has 0 spiro atoms. The van der Waals surface area contributed by atoms with Gasteiger partial charge in [0.25, 0.3) is 0 Å². The molecule has 2 N–H and O–H groups in total. The van der Waals surface area contributed by atoms with Gasteiger partial charge in [0, 0.05) is 50.2 Å². The number of rotatable bonds is 5. The number of guanidine groups is 1. The fourth-order valence-corrected chi connectivity index (χ4v) is 5.33. The van der Waals surface area contributed by atoms with Gasteiger partial charge in [0.15, 0.2) is 5.96 Å². The van der Waals surface area contributed by atoms with E-state index in [1.54, 1.807) is 0 Å². The Morgan fingerprint density at radius 1 is 1.25 bits per heavy atom. The number of fused-ring (bicyclic) bond motifs is 1. The largest absolute Gasteiger partial charge is 0.377 e. The fourth-order valence-electron chi connectivity index (χ4n) is 5.33. The van der Waals surface area contributed by atoms with Gasteiger partial charge in [-0.3, -0.25) is 9.89 Å². The lowest BCUT2D eigenvalue weighted by Gasteiger charge is -2.55. The maximum Gasteiger partial charge on any atom is 0.191 e. The molecule has 4 unspecified atom stereocenters. The number of nitrogens with zero attached hydrogens (tertiary/aromatic N) is 2. The third-order valence-corrected chi connectivity index (χ3v) is 6.85. The van der Waals surface area contributed by atoms with Crippen LogP contribution in [0, 0.1) is 11.3 Å². The van der Waals surface area contributed by atoms with Crippen molar-refractivity contribution >= 4 is 29.9 Å². The zero-order chi connectivity index (χ0) is 18.9. The van der Waals surface area contributed by atoms with Crippen molar-refractivity contribution in [3.05, 3.63) is 35.9 Å². The van der Waals surface area contributed by atoms with Gasteiger partial charge in [-0.1, -0.05) is 44.2 Å². The number of halogens is 1. The van der Waals surface area contributed by atoms with Crippen molar-refractivity contribution in [2.24, 2.45) is 16.3 Å². The van der Waals surface area contributed by atoms with Crippen molar-refractivity contribution in [2.45, 2.75) is 57.8 Å². The molecule has 0 radical (unpaired) electrons. The van der Waals surface area contributed by atoms with Crippen molar-refractivity contribution in [1.82, 2.24) is 15.5 Å². The van der Waals surface area contributed by atoms with Crippen LogP contribution in [0.15, 0.2) is 35.3 Å². The van der Waals surface area contributed by atoms with Crippen molar-refractivity contribution in [3.8, 4) is 0 Å². The monoisotopic (exact) mass is 498 g/mol. The Morgan fingerprint density at radius 2 is 2.04 bits per heavy atom. The number of likely N-dealkylation sites (tertiary alicyclic amines) is 1. The first kappa shape index (κ1) is 21.8. The smallest absolute Gasteiger partial charge is 0.191 e. The summed E-state index contributed by atoms with van der Waals surface area (Å²) in [5.74, 6) is 1.56. The molecule has 28 heavy (non-hydrogen) atoms. The number of hydrogen-bond acceptors (Lipinski definition) is 3. The van der Waals surface area contributed by atoms with Crippen molar-refractivity contribution in [1.29, 1.82) is 0 Å². The van der Waals surface area contributed by atoms with E-state index in [0.29, 0.717) is 24.1 Å². The molecule has 6 heteroatoms. The molecule has 3 aliphatic rings. The number of hydrogen-bond donors (Lipinski definition) is 2. The van der Waals surface area contributed by atoms with Crippen molar-refractivity contribution in [2.75, 3.05) is 26.7 Å². The van der Waals surface area contributed by atoms with Crippen LogP contribution in [0.3, 0.4) is 0 Å². The van der Waals surface area contributed by atoms with Crippen LogP contribution in [0.5, 0.6) is 0 Å². The summed E-state index contributed by atoms with van der Waals surface area (Å²) in [6.07, 6.45) is 4.10. The zero-order valence-electron chi connectivity index (χ0n) is 17.4. The van der Waals surface area contributed by atoms with E-state index in [1.807, 2.05) is 7.05 Å². The van der Waals surface area contributed by atoms with E-state index < -0.39 is 0 Å². The minimum Gasteiger partial charge on any atom is -0.377 e. The second kappa shape index (κ2) is 9.30. The second-order valence-electron chi connectivity index (χ2n) is 8.89. The zero-order valence-corrected chi connectivity index (χ0v) is 19.7. The molecule has 1 aromatic rings. The van der Waals surface area contributed by atoms with Crippen LogP contribution < -0.4 is 10.6 Å². The Balaban J connectivity index is 0.00000225. The van der Waals surface area contributed by atoms with Gasteiger partial charge in [-0.2, -0.15) is 0 Å². The van der Waals surface area contributed by atoms with E-state index in [-0.39, 0.29) is 29.4 Å². The second-order valence-corrected chi connectivity index (χ2v) is 8.89. The summed E-state index contributed by atoms with van der Waals surface area (Å²) in [4.78, 5) is 7.10. The van der Waals surface area contributed by atoms with E-state index >= 15 is 0 Å². The first-order valence-electron chi connectivity index (χ1n) is 10.5. The van der Waals surface area contributed by atoms with Crippen molar-refractivity contribution in [3.63, 3.8) is 0 Å². The van der Waals surface area contributed by atoms with Crippen LogP contribution in [0.2, 0.25) is 0 Å². The third kappa shape index (κ3) is 4.33. The first-order chi connectivity index (χ1) is 13.1. The third-order valence-electron chi connectivity index (χ3n) is 6.85. The number of benzene rings is 1. The molecule has 156 valence electrons. The highest BCUT2D eigenvalue weighted by Crippen LogP contribution is 2.52. The summed E-state index contributed by atoms with van der Waals surface area (Å²) in [7, 11) is 1.88. The Morgan fingerprint density at radius 3 is 2.79 bits per heavy atom. The lowest BCUT2D eigenvalue weighted by atomic mass is 9.57. The van der Waals surface area contributed by atoms with Gasteiger partial charge < -0.3 is 15.4 Å². The number of ether oxygens (including phenoxy) is 1. The quantitative estimate of drug-likeness (QED) is 0.372. The summed E-state index contributed by atoms with van der Waals surface area (Å²) in [6, 6.07) is 11.8. The summed E-state index contributed by atoms with van der Waals surface area (Å²) >= 11 is 0. The van der Waals surface area contributed by atoms with Crippen LogP contribution in [0.1, 0.15) is 38.7 Å². The molecular formula is C22H35IN4O. The van der Waals surface area contributed by atoms with E-state index in [0.717, 1.165) is 32.1 Å². The Bertz CT molecular complexity index is 666. The Kier molecular flexibility index (Phi) is 7.26. The molecule has 2 saturated heterocycles. The van der Waals surface area contributed by atoms with Gasteiger partial charge in [0.05, 0.1) is 6.10 Å². The van der Waals surface area contributed by atoms with Gasteiger partial charge in [-0.25, -0.2) is 0 Å². The predicted molar refractivity (Wildman–Crippen MR) is 125 cm³/mol. The van der Waals surface area contributed by atoms with E-state index in [2.05, 4.69) is 64.7 Å². The molecule has 2 aliphatic heterocycles. The van der Waals surface area contributed by atoms with Crippen molar-refractivity contribution < 1.29 is 4.74 Å². The summed E-state index contributed by atoms with van der Waals surface area (Å²) in [5.41, 5.74) is 1.57. The highest BCUT2D eigenvalue weighted by atomic mass is 127. The molecule has 4 atom stereocenters. The van der Waals surface area contributed by atoms with E-state index in [4.69, 9.17) is 4.74 Å². The summed E-state index contributed by atoms with van der Waals surface area (Å²) in [6.45, 7) is 8.69. The first-order valence-corrected chi connectivity index (χ1v) is 10.5. The van der Waals surface area contributed by atoms with Crippen LogP contribution in [-0.4, -0.2) is 55.8 Å². The molecule has 0 amide bonds. The lowest BCUT2D eigenvalue weighted by molar-refractivity contribution is -0.106. The van der Waals surface area contributed by atoms with Gasteiger partial charge >= 0.3 is 0 Å². The maximum absolute atomic E-state index is 5.92. The molecule has 0 aromatic heterocycles. The fraction of sp³-hybridized carbons (Fsp3) is 0.682. The standard InChI is InChI=1S/C22H34N4O.HI/c1-22(2)19(18-11-13-27-20(18)22)25-21(23-3)24-14-17-10-7-12-26(17)15-16-8-5-4-6-9-16;/h4-6,8-9,17-20H,7,10-15H2,1-3H3,(H2,23,24,25);1H. The molecule has 1 aliphatic carbocycles. The van der Waals surface area contributed by atoms with Crippen LogP contribution >= 0.6 is 24.0 Å². The topological polar surface area (TPSA) is 48.9 Å². The molecule has 0 bridgehead atoms. The minimum atomic E-state index is 0. The molecule has 2 heterocycles. The maximum atomic E-state index is 5.92. The molecule has 1 aromatic carbocycles.